The first-order valence-electron chi connectivity index (χ1n) is 9.58. The summed E-state index contributed by atoms with van der Waals surface area (Å²) < 4.78 is 6.19. The molecule has 0 bridgehead atoms. The molecule has 0 aromatic rings. The topological polar surface area (TPSA) is 46.7 Å². The lowest BCUT2D eigenvalue weighted by Gasteiger charge is -2.60. The summed E-state index contributed by atoms with van der Waals surface area (Å²) in [6, 6.07) is 0. The van der Waals surface area contributed by atoms with Crippen LogP contribution in [0, 0.1) is 34.5 Å². The molecule has 0 N–H and O–H groups in total. The third kappa shape index (κ3) is 1.44. The van der Waals surface area contributed by atoms with Crippen molar-refractivity contribution in [3.05, 3.63) is 0 Å². The molecule has 3 nitrogen and oxygen atoms in total. The zero-order valence-corrected chi connectivity index (χ0v) is 14.6. The molecule has 23 heavy (non-hydrogen) atoms. The van der Waals surface area contributed by atoms with Gasteiger partial charge >= 0.3 is 0 Å². The Morgan fingerprint density at radius 1 is 1.04 bits per heavy atom. The van der Waals surface area contributed by atoms with Gasteiger partial charge in [-0.2, -0.15) is 0 Å². The molecule has 1 aliphatic heterocycles. The van der Waals surface area contributed by atoms with Crippen molar-refractivity contribution in [1.82, 2.24) is 0 Å². The number of fused-ring (bicyclic) bond motifs is 4. The molecular formula is C20H28O3. The van der Waals surface area contributed by atoms with Crippen molar-refractivity contribution in [2.24, 2.45) is 34.5 Å². The van der Waals surface area contributed by atoms with Crippen LogP contribution in [0.5, 0.6) is 0 Å². The minimum absolute atomic E-state index is 0.0595. The summed E-state index contributed by atoms with van der Waals surface area (Å²) in [6.45, 7) is 6.95. The lowest BCUT2D eigenvalue weighted by molar-refractivity contribution is -0.147. The van der Waals surface area contributed by atoms with Gasteiger partial charge in [0.1, 0.15) is 17.5 Å². The van der Waals surface area contributed by atoms with Crippen LogP contribution in [-0.4, -0.2) is 23.3 Å². The van der Waals surface area contributed by atoms with Crippen LogP contribution in [0.1, 0.15) is 65.7 Å². The van der Waals surface area contributed by atoms with E-state index in [4.69, 9.17) is 4.74 Å². The fourth-order valence-corrected chi connectivity index (χ4v) is 7.78. The van der Waals surface area contributed by atoms with Crippen molar-refractivity contribution < 1.29 is 14.3 Å². The monoisotopic (exact) mass is 316 g/mol. The van der Waals surface area contributed by atoms with E-state index in [1.165, 1.54) is 0 Å². The average molecular weight is 316 g/mol. The first-order chi connectivity index (χ1) is 10.8. The van der Waals surface area contributed by atoms with Crippen LogP contribution in [0.3, 0.4) is 0 Å². The van der Waals surface area contributed by atoms with E-state index in [1.807, 2.05) is 0 Å². The molecule has 4 aliphatic carbocycles. The largest absolute Gasteiger partial charge is 0.357 e. The van der Waals surface area contributed by atoms with E-state index >= 15 is 0 Å². The van der Waals surface area contributed by atoms with Gasteiger partial charge in [-0.25, -0.2) is 0 Å². The van der Waals surface area contributed by atoms with E-state index in [9.17, 15) is 9.59 Å². The van der Waals surface area contributed by atoms with Crippen LogP contribution in [0.25, 0.3) is 0 Å². The summed E-state index contributed by atoms with van der Waals surface area (Å²) in [7, 11) is 0. The Hall–Kier alpha value is -0.700. The molecular weight excluding hydrogens is 288 g/mol. The van der Waals surface area contributed by atoms with Crippen molar-refractivity contribution in [3.63, 3.8) is 0 Å². The predicted molar refractivity (Wildman–Crippen MR) is 85.8 cm³/mol. The molecule has 8 atom stereocenters. The number of Topliss-reactive ketones (excluding diaryl/α,β-unsaturated/α-hetero) is 2. The highest BCUT2D eigenvalue weighted by Gasteiger charge is 2.78. The third-order valence-corrected chi connectivity index (χ3v) is 9.04. The van der Waals surface area contributed by atoms with Gasteiger partial charge in [0.2, 0.25) is 0 Å². The highest BCUT2D eigenvalue weighted by Crippen LogP contribution is 2.73. The van der Waals surface area contributed by atoms with Gasteiger partial charge in [0.15, 0.2) is 5.78 Å². The van der Waals surface area contributed by atoms with Crippen molar-refractivity contribution in [3.8, 4) is 0 Å². The van der Waals surface area contributed by atoms with Gasteiger partial charge in [-0.3, -0.25) is 9.59 Å². The van der Waals surface area contributed by atoms with Gasteiger partial charge < -0.3 is 4.74 Å². The summed E-state index contributed by atoms with van der Waals surface area (Å²) in [4.78, 5) is 24.7. The van der Waals surface area contributed by atoms with Gasteiger partial charge in [-0.05, 0) is 55.8 Å². The van der Waals surface area contributed by atoms with E-state index in [0.29, 0.717) is 41.7 Å². The van der Waals surface area contributed by atoms with Crippen LogP contribution in [0.4, 0.5) is 0 Å². The van der Waals surface area contributed by atoms with Gasteiger partial charge in [-0.1, -0.05) is 20.8 Å². The molecule has 126 valence electrons. The van der Waals surface area contributed by atoms with Crippen molar-refractivity contribution in [1.29, 1.82) is 0 Å². The van der Waals surface area contributed by atoms with Gasteiger partial charge in [0.05, 0.1) is 0 Å². The van der Waals surface area contributed by atoms with Crippen molar-refractivity contribution >= 4 is 11.6 Å². The number of rotatable bonds is 0. The second-order valence-electron chi connectivity index (χ2n) is 9.61. The third-order valence-electron chi connectivity index (χ3n) is 9.04. The molecule has 4 saturated carbocycles. The van der Waals surface area contributed by atoms with Crippen LogP contribution >= 0.6 is 0 Å². The molecule has 3 heteroatoms. The normalized spacial score (nSPS) is 60.6. The molecule has 1 spiro atoms. The molecule has 5 rings (SSSR count). The first kappa shape index (κ1) is 14.6. The number of carbonyl (C=O) groups is 2. The Morgan fingerprint density at radius 3 is 2.61 bits per heavy atom. The predicted octanol–water partition coefficient (Wildman–Crippen LogP) is 3.54. The number of carbonyl (C=O) groups excluding carboxylic acids is 2. The minimum Gasteiger partial charge on any atom is -0.357 e. The average Bonchev–Trinajstić information content (AvgIpc) is 3.21. The molecule has 0 aromatic heterocycles. The van der Waals surface area contributed by atoms with E-state index in [1.54, 1.807) is 0 Å². The van der Waals surface area contributed by atoms with Gasteiger partial charge in [0.25, 0.3) is 0 Å². The minimum atomic E-state index is -0.167. The summed E-state index contributed by atoms with van der Waals surface area (Å²) in [5.74, 6) is 3.16. The summed E-state index contributed by atoms with van der Waals surface area (Å²) in [5, 5.41) is 0. The molecule has 0 aromatic carbocycles. The number of hydrogen-bond donors (Lipinski definition) is 0. The Kier molecular flexibility index (Phi) is 2.60. The van der Waals surface area contributed by atoms with Gasteiger partial charge in [0, 0.05) is 23.7 Å². The second-order valence-corrected chi connectivity index (χ2v) is 9.61. The number of epoxide rings is 1. The number of hydrogen-bond acceptors (Lipinski definition) is 3. The maximum Gasteiger partial charge on any atom is 0.164 e. The molecule has 0 amide bonds. The number of ketones is 2. The van der Waals surface area contributed by atoms with Crippen molar-refractivity contribution in [2.45, 2.75) is 77.4 Å². The maximum atomic E-state index is 12.5. The second kappa shape index (κ2) is 4.09. The standard InChI is InChI=1S/C20H28O3/c1-11-10-12-13-4-5-16(22)18(13,2)8-6-14(12)19(3)9-7-15(21)17-20(11,19)23-17/h11-14,17H,4-10H2,1-3H3/t11-,12-,13-,14-,17?,18-,19+,20?/m0/s1. The SMILES string of the molecule is C[C@H]1C[C@H]2[C@@H]3CCC(=O)[C@@]3(C)CC[C@@H]2[C@@]2(C)CCC(=O)C3OC312. The summed E-state index contributed by atoms with van der Waals surface area (Å²) >= 11 is 0. The summed E-state index contributed by atoms with van der Waals surface area (Å²) in [5.41, 5.74) is -0.0865. The van der Waals surface area contributed by atoms with Crippen LogP contribution < -0.4 is 0 Å². The van der Waals surface area contributed by atoms with Gasteiger partial charge in [-0.15, -0.1) is 0 Å². The van der Waals surface area contributed by atoms with Crippen LogP contribution in [0.2, 0.25) is 0 Å². The van der Waals surface area contributed by atoms with E-state index in [2.05, 4.69) is 20.8 Å². The Bertz CT molecular complexity index is 612. The Balaban J connectivity index is 1.56. The molecule has 0 radical (unpaired) electrons. The molecule has 1 saturated heterocycles. The highest BCUT2D eigenvalue weighted by atomic mass is 16.6. The zero-order valence-electron chi connectivity index (χ0n) is 14.6. The Labute approximate surface area is 138 Å². The Morgan fingerprint density at radius 2 is 1.83 bits per heavy atom. The van der Waals surface area contributed by atoms with E-state index in [-0.39, 0.29) is 22.5 Å². The highest BCUT2D eigenvalue weighted by molar-refractivity contribution is 5.89. The summed E-state index contributed by atoms with van der Waals surface area (Å²) in [6.07, 6.45) is 6.81. The lowest BCUT2D eigenvalue weighted by Crippen LogP contribution is -2.61. The molecule has 1 heterocycles. The first-order valence-corrected chi connectivity index (χ1v) is 9.58. The fourth-order valence-electron chi connectivity index (χ4n) is 7.78. The quantitative estimate of drug-likeness (QED) is 0.642. The van der Waals surface area contributed by atoms with E-state index in [0.717, 1.165) is 38.5 Å². The van der Waals surface area contributed by atoms with Crippen LogP contribution in [0.15, 0.2) is 0 Å². The van der Waals surface area contributed by atoms with Crippen LogP contribution in [-0.2, 0) is 14.3 Å². The maximum absolute atomic E-state index is 12.5. The molecule has 5 aliphatic rings. The lowest BCUT2D eigenvalue weighted by atomic mass is 9.43. The van der Waals surface area contributed by atoms with Crippen molar-refractivity contribution in [2.75, 3.05) is 0 Å². The fraction of sp³-hybridized carbons (Fsp3) is 0.900. The zero-order chi connectivity index (χ0) is 16.2. The molecule has 2 unspecified atom stereocenters. The molecule has 5 fully saturated rings. The smallest absolute Gasteiger partial charge is 0.164 e. The van der Waals surface area contributed by atoms with E-state index < -0.39 is 0 Å². The number of ether oxygens (including phenoxy) is 1.